The fraction of sp³-hybridized carbons (Fsp3) is 0.133. The fourth-order valence-electron chi connectivity index (χ4n) is 2.29. The molecule has 0 saturated carbocycles. The van der Waals surface area contributed by atoms with Crippen LogP contribution in [0.4, 0.5) is 4.39 Å². The summed E-state index contributed by atoms with van der Waals surface area (Å²) in [6, 6.07) is 2.29. The Balaban J connectivity index is 2.30. The number of aromatic nitrogens is 2. The predicted molar refractivity (Wildman–Crippen MR) is 86.1 cm³/mol. The zero-order chi connectivity index (χ0) is 16.7. The van der Waals surface area contributed by atoms with E-state index in [4.69, 9.17) is 11.6 Å². The molecule has 0 radical (unpaired) electrons. The number of aromatic carboxylic acids is 1. The van der Waals surface area contributed by atoms with E-state index in [1.807, 2.05) is 12.3 Å². The number of hydrogen-bond acceptors (Lipinski definition) is 4. The Bertz CT molecular complexity index is 996. The quantitative estimate of drug-likeness (QED) is 0.785. The van der Waals surface area contributed by atoms with Crippen LogP contribution in [0.1, 0.15) is 21.1 Å². The number of aryl methyl sites for hydroxylation is 1. The van der Waals surface area contributed by atoms with Gasteiger partial charge in [-0.3, -0.25) is 4.79 Å². The zero-order valence-electron chi connectivity index (χ0n) is 11.8. The molecule has 0 fully saturated rings. The van der Waals surface area contributed by atoms with Gasteiger partial charge in [0.1, 0.15) is 16.4 Å². The number of hydrogen-bond donors (Lipinski definition) is 1. The van der Waals surface area contributed by atoms with Gasteiger partial charge in [0.2, 0.25) is 5.43 Å². The molecule has 0 atom stereocenters. The van der Waals surface area contributed by atoms with E-state index in [2.05, 4.69) is 4.98 Å². The zero-order valence-corrected chi connectivity index (χ0v) is 13.4. The molecule has 0 aliphatic rings. The summed E-state index contributed by atoms with van der Waals surface area (Å²) in [5.41, 5.74) is 0.0410. The highest BCUT2D eigenvalue weighted by atomic mass is 35.5. The molecule has 0 aliphatic heterocycles. The highest BCUT2D eigenvalue weighted by molar-refractivity contribution is 7.09. The molecule has 0 aliphatic carbocycles. The number of benzene rings is 1. The first-order valence-corrected chi connectivity index (χ1v) is 7.79. The minimum Gasteiger partial charge on any atom is -0.477 e. The first kappa shape index (κ1) is 15.6. The minimum absolute atomic E-state index is 0.0277. The fourth-order valence-corrected chi connectivity index (χ4v) is 3.22. The van der Waals surface area contributed by atoms with Crippen LogP contribution in [-0.2, 0) is 6.54 Å². The van der Waals surface area contributed by atoms with Gasteiger partial charge in [-0.25, -0.2) is 14.2 Å². The van der Waals surface area contributed by atoms with Crippen molar-refractivity contribution in [1.29, 1.82) is 0 Å². The summed E-state index contributed by atoms with van der Waals surface area (Å²) in [6.45, 7) is 2.11. The molecule has 0 amide bonds. The number of carbonyl (C=O) groups is 1. The van der Waals surface area contributed by atoms with Crippen LogP contribution in [0, 0.1) is 12.7 Å². The molecule has 5 nitrogen and oxygen atoms in total. The Morgan fingerprint density at radius 2 is 2.22 bits per heavy atom. The lowest BCUT2D eigenvalue weighted by Gasteiger charge is -2.11. The summed E-state index contributed by atoms with van der Waals surface area (Å²) in [4.78, 5) is 27.8. The van der Waals surface area contributed by atoms with E-state index >= 15 is 0 Å². The molecule has 23 heavy (non-hydrogen) atoms. The van der Waals surface area contributed by atoms with Crippen LogP contribution in [-0.4, -0.2) is 20.6 Å². The molecule has 2 heterocycles. The molecule has 2 aromatic heterocycles. The number of rotatable bonds is 3. The summed E-state index contributed by atoms with van der Waals surface area (Å²) < 4.78 is 15.2. The van der Waals surface area contributed by atoms with Crippen LogP contribution in [0.5, 0.6) is 0 Å². The van der Waals surface area contributed by atoms with Gasteiger partial charge in [0.15, 0.2) is 0 Å². The van der Waals surface area contributed by atoms with E-state index in [9.17, 15) is 19.1 Å². The van der Waals surface area contributed by atoms with E-state index < -0.39 is 22.8 Å². The standard InChI is InChI=1S/C15H10ClFN2O3S/c1-7-6-23-13(18-7)5-19-4-9(15(21)22)14(20)8-2-11(17)10(16)3-12(8)19/h2-4,6H,5H2,1H3,(H,21,22). The number of nitrogens with zero attached hydrogens (tertiary/aromatic N) is 2. The Morgan fingerprint density at radius 3 is 2.83 bits per heavy atom. The highest BCUT2D eigenvalue weighted by Gasteiger charge is 2.17. The summed E-state index contributed by atoms with van der Waals surface area (Å²) in [6.07, 6.45) is 1.23. The van der Waals surface area contributed by atoms with Crippen molar-refractivity contribution in [1.82, 2.24) is 9.55 Å². The molecular weight excluding hydrogens is 343 g/mol. The number of pyridine rings is 1. The molecule has 0 bridgehead atoms. The van der Waals surface area contributed by atoms with Crippen LogP contribution >= 0.6 is 22.9 Å². The second-order valence-corrected chi connectivity index (χ2v) is 6.32. The maximum Gasteiger partial charge on any atom is 0.341 e. The summed E-state index contributed by atoms with van der Waals surface area (Å²) in [5.74, 6) is -2.13. The molecule has 1 N–H and O–H groups in total. The lowest BCUT2D eigenvalue weighted by Crippen LogP contribution is -2.19. The molecule has 3 rings (SSSR count). The summed E-state index contributed by atoms with van der Waals surface area (Å²) >= 11 is 7.22. The smallest absolute Gasteiger partial charge is 0.341 e. The van der Waals surface area contributed by atoms with Gasteiger partial charge >= 0.3 is 5.97 Å². The van der Waals surface area contributed by atoms with Gasteiger partial charge in [-0.05, 0) is 19.1 Å². The maximum atomic E-state index is 13.7. The van der Waals surface area contributed by atoms with Gasteiger partial charge in [0.25, 0.3) is 0 Å². The Hall–Kier alpha value is -2.25. The molecule has 0 unspecified atom stereocenters. The van der Waals surface area contributed by atoms with E-state index in [0.717, 1.165) is 16.8 Å². The molecule has 0 saturated heterocycles. The topological polar surface area (TPSA) is 72.2 Å². The van der Waals surface area contributed by atoms with Gasteiger partial charge in [-0.2, -0.15) is 0 Å². The number of fused-ring (bicyclic) bond motifs is 1. The van der Waals surface area contributed by atoms with Crippen molar-refractivity contribution in [2.75, 3.05) is 0 Å². The van der Waals surface area contributed by atoms with Crippen LogP contribution < -0.4 is 5.43 Å². The number of carboxylic acid groups (broad SMARTS) is 1. The monoisotopic (exact) mass is 352 g/mol. The third kappa shape index (κ3) is 2.85. The van der Waals surface area contributed by atoms with Gasteiger partial charge in [0.05, 0.1) is 17.1 Å². The second kappa shape index (κ2) is 5.75. The lowest BCUT2D eigenvalue weighted by atomic mass is 10.1. The van der Waals surface area contributed by atoms with Gasteiger partial charge in [-0.15, -0.1) is 11.3 Å². The Morgan fingerprint density at radius 1 is 1.48 bits per heavy atom. The predicted octanol–water partition coefficient (Wildman–Crippen LogP) is 3.31. The van der Waals surface area contributed by atoms with Gasteiger partial charge in [0, 0.05) is 22.7 Å². The SMILES string of the molecule is Cc1csc(Cn2cc(C(=O)O)c(=O)c3cc(F)c(Cl)cc32)n1. The highest BCUT2D eigenvalue weighted by Crippen LogP contribution is 2.23. The molecular formula is C15H10ClFN2O3S. The van der Waals surface area contributed by atoms with Crippen molar-refractivity contribution in [3.8, 4) is 0 Å². The van der Waals surface area contributed by atoms with Crippen LogP contribution in [0.15, 0.2) is 28.5 Å². The van der Waals surface area contributed by atoms with Gasteiger partial charge in [-0.1, -0.05) is 11.6 Å². The summed E-state index contributed by atoms with van der Waals surface area (Å²) in [7, 11) is 0. The van der Waals surface area contributed by atoms with E-state index in [1.54, 1.807) is 4.57 Å². The average Bonchev–Trinajstić information content (AvgIpc) is 2.89. The van der Waals surface area contributed by atoms with Crippen molar-refractivity contribution < 1.29 is 14.3 Å². The third-order valence-electron chi connectivity index (χ3n) is 3.32. The average molecular weight is 353 g/mol. The van der Waals surface area contributed by atoms with Crippen molar-refractivity contribution in [2.45, 2.75) is 13.5 Å². The number of thiazole rings is 1. The van der Waals surface area contributed by atoms with Crippen molar-refractivity contribution in [2.24, 2.45) is 0 Å². The van der Waals surface area contributed by atoms with Crippen LogP contribution in [0.3, 0.4) is 0 Å². The normalized spacial score (nSPS) is 11.1. The minimum atomic E-state index is -1.36. The molecule has 1 aromatic carbocycles. The lowest BCUT2D eigenvalue weighted by molar-refractivity contribution is 0.0695. The molecule has 118 valence electrons. The van der Waals surface area contributed by atoms with Crippen LogP contribution in [0.25, 0.3) is 10.9 Å². The molecule has 8 heteroatoms. The van der Waals surface area contributed by atoms with Crippen molar-refractivity contribution in [3.63, 3.8) is 0 Å². The van der Waals surface area contributed by atoms with Crippen LogP contribution in [0.2, 0.25) is 5.02 Å². The third-order valence-corrected chi connectivity index (χ3v) is 4.57. The summed E-state index contributed by atoms with van der Waals surface area (Å²) in [5, 5.41) is 11.6. The van der Waals surface area contributed by atoms with Gasteiger partial charge < -0.3 is 9.67 Å². The molecule has 0 spiro atoms. The number of halogens is 2. The van der Waals surface area contributed by atoms with Crippen molar-refractivity contribution >= 4 is 39.8 Å². The Kier molecular flexibility index (Phi) is 3.91. The first-order valence-electron chi connectivity index (χ1n) is 6.53. The largest absolute Gasteiger partial charge is 0.477 e. The van der Waals surface area contributed by atoms with E-state index in [1.165, 1.54) is 23.6 Å². The van der Waals surface area contributed by atoms with E-state index in [0.29, 0.717) is 5.52 Å². The van der Waals surface area contributed by atoms with E-state index in [-0.39, 0.29) is 17.0 Å². The Labute approximate surface area is 138 Å². The molecule has 3 aromatic rings. The van der Waals surface area contributed by atoms with Crippen molar-refractivity contribution in [3.05, 3.63) is 61.0 Å². The second-order valence-electron chi connectivity index (χ2n) is 4.97. The maximum absolute atomic E-state index is 13.7. The first-order chi connectivity index (χ1) is 10.9. The number of carboxylic acids is 1.